The average molecular weight is 88.2 g/mol. The van der Waals surface area contributed by atoms with Crippen LogP contribution in [0, 0.1) is 0 Å². The molecule has 0 unspecified atom stereocenters. The SMILES string of the molecule is C=CC[SiH2]O. The molecule has 0 aliphatic heterocycles. The summed E-state index contributed by atoms with van der Waals surface area (Å²) < 4.78 is 0. The highest BCUT2D eigenvalue weighted by atomic mass is 28.2. The average Bonchev–Trinajstić information content (AvgIpc) is 1.41. The standard InChI is InChI=1S/C3H8OSi/c1-2-3-5-4/h2,4H,1,3,5H2. The van der Waals surface area contributed by atoms with E-state index in [0.717, 1.165) is 6.04 Å². The number of hydrogen-bond donors (Lipinski definition) is 1. The van der Waals surface area contributed by atoms with Gasteiger partial charge >= 0.3 is 0 Å². The van der Waals surface area contributed by atoms with Gasteiger partial charge in [-0.1, -0.05) is 6.08 Å². The molecule has 1 nitrogen and oxygen atoms in total. The van der Waals surface area contributed by atoms with E-state index in [1.54, 1.807) is 6.08 Å². The predicted octanol–water partition coefficient (Wildman–Crippen LogP) is -0.333. The highest BCUT2D eigenvalue weighted by Crippen LogP contribution is 1.69. The minimum atomic E-state index is -0.704. The summed E-state index contributed by atoms with van der Waals surface area (Å²) in [6, 6.07) is 0.847. The Morgan fingerprint density at radius 1 is 2.00 bits per heavy atom. The molecule has 0 heterocycles. The van der Waals surface area contributed by atoms with Gasteiger partial charge in [-0.05, 0) is 6.04 Å². The third-order valence-electron chi connectivity index (χ3n) is 0.333. The van der Waals surface area contributed by atoms with Crippen LogP contribution in [0.15, 0.2) is 12.7 Å². The molecule has 0 bridgehead atoms. The van der Waals surface area contributed by atoms with Crippen LogP contribution in [0.1, 0.15) is 0 Å². The third kappa shape index (κ3) is 3.92. The lowest BCUT2D eigenvalue weighted by Gasteiger charge is -1.71. The van der Waals surface area contributed by atoms with Gasteiger partial charge in [0.25, 0.3) is 0 Å². The van der Waals surface area contributed by atoms with Crippen LogP contribution in [0.4, 0.5) is 0 Å². The van der Waals surface area contributed by atoms with Crippen LogP contribution in [-0.2, 0) is 0 Å². The Hall–Kier alpha value is -0.0831. The van der Waals surface area contributed by atoms with Crippen LogP contribution >= 0.6 is 0 Å². The van der Waals surface area contributed by atoms with Gasteiger partial charge in [0.1, 0.15) is 0 Å². The molecule has 0 fully saturated rings. The van der Waals surface area contributed by atoms with Crippen molar-refractivity contribution in [1.29, 1.82) is 0 Å². The van der Waals surface area contributed by atoms with E-state index in [1.807, 2.05) is 0 Å². The van der Waals surface area contributed by atoms with Gasteiger partial charge in [-0.3, -0.25) is 0 Å². The van der Waals surface area contributed by atoms with Gasteiger partial charge in [0.15, 0.2) is 9.76 Å². The quantitative estimate of drug-likeness (QED) is 0.362. The fourth-order valence-electron chi connectivity index (χ4n) is 0.0913. The monoisotopic (exact) mass is 88.0 g/mol. The molecule has 0 spiro atoms. The maximum Gasteiger partial charge on any atom is 0.160 e. The fraction of sp³-hybridized carbons (Fsp3) is 0.333. The maximum atomic E-state index is 8.13. The van der Waals surface area contributed by atoms with Crippen LogP contribution < -0.4 is 0 Å². The Morgan fingerprint density at radius 2 is 2.60 bits per heavy atom. The van der Waals surface area contributed by atoms with E-state index in [4.69, 9.17) is 4.80 Å². The van der Waals surface area contributed by atoms with Crippen molar-refractivity contribution >= 4 is 9.76 Å². The molecule has 5 heavy (non-hydrogen) atoms. The minimum Gasteiger partial charge on any atom is -0.438 e. The number of hydrogen-bond acceptors (Lipinski definition) is 1. The molecule has 0 aromatic rings. The van der Waals surface area contributed by atoms with Gasteiger partial charge in [-0.25, -0.2) is 0 Å². The van der Waals surface area contributed by atoms with Crippen LogP contribution in [0.5, 0.6) is 0 Å². The van der Waals surface area contributed by atoms with E-state index < -0.39 is 9.76 Å². The molecule has 0 rings (SSSR count). The van der Waals surface area contributed by atoms with E-state index in [1.165, 1.54) is 0 Å². The van der Waals surface area contributed by atoms with Gasteiger partial charge in [0.05, 0.1) is 0 Å². The minimum absolute atomic E-state index is 0.704. The second-order valence-corrected chi connectivity index (χ2v) is 1.83. The van der Waals surface area contributed by atoms with Crippen molar-refractivity contribution in [2.24, 2.45) is 0 Å². The van der Waals surface area contributed by atoms with Crippen molar-refractivity contribution in [3.8, 4) is 0 Å². The molecular weight excluding hydrogens is 80.1 g/mol. The molecule has 0 amide bonds. The summed E-state index contributed by atoms with van der Waals surface area (Å²) in [7, 11) is -0.704. The smallest absolute Gasteiger partial charge is 0.160 e. The third-order valence-corrected chi connectivity index (χ3v) is 1.000. The Kier molecular flexibility index (Phi) is 3.85. The van der Waals surface area contributed by atoms with Crippen molar-refractivity contribution in [3.05, 3.63) is 12.7 Å². The summed E-state index contributed by atoms with van der Waals surface area (Å²) in [4.78, 5) is 8.13. The lowest BCUT2D eigenvalue weighted by atomic mass is 10.8. The first kappa shape index (κ1) is 4.92. The zero-order valence-corrected chi connectivity index (χ0v) is 4.56. The summed E-state index contributed by atoms with van der Waals surface area (Å²) in [5.74, 6) is 0. The lowest BCUT2D eigenvalue weighted by Crippen LogP contribution is -1.77. The molecule has 0 aliphatic rings. The molecule has 0 aliphatic carbocycles. The Bertz CT molecular complexity index is 28.1. The lowest BCUT2D eigenvalue weighted by molar-refractivity contribution is 0.605. The zero-order chi connectivity index (χ0) is 4.12. The molecule has 0 saturated carbocycles. The second kappa shape index (κ2) is 3.92. The maximum absolute atomic E-state index is 8.13. The summed E-state index contributed by atoms with van der Waals surface area (Å²) in [6.45, 7) is 3.43. The molecule has 2 heteroatoms. The molecule has 0 aromatic carbocycles. The summed E-state index contributed by atoms with van der Waals surface area (Å²) in [5, 5.41) is 0. The van der Waals surface area contributed by atoms with Crippen LogP contribution in [-0.4, -0.2) is 14.6 Å². The fourth-order valence-corrected chi connectivity index (χ4v) is 0.274. The predicted molar refractivity (Wildman–Crippen MR) is 25.8 cm³/mol. The topological polar surface area (TPSA) is 20.2 Å². The van der Waals surface area contributed by atoms with Crippen LogP contribution in [0.25, 0.3) is 0 Å². The molecular formula is C3H8OSi. The molecule has 0 saturated heterocycles. The van der Waals surface area contributed by atoms with Crippen LogP contribution in [0.3, 0.4) is 0 Å². The molecule has 30 valence electrons. The van der Waals surface area contributed by atoms with E-state index in [2.05, 4.69) is 6.58 Å². The number of allylic oxidation sites excluding steroid dienone is 1. The number of rotatable bonds is 2. The van der Waals surface area contributed by atoms with Crippen LogP contribution in [0.2, 0.25) is 6.04 Å². The first-order valence-corrected chi connectivity index (χ1v) is 3.27. The molecule has 0 aromatic heterocycles. The molecule has 0 radical (unpaired) electrons. The van der Waals surface area contributed by atoms with Crippen molar-refractivity contribution in [1.82, 2.24) is 0 Å². The van der Waals surface area contributed by atoms with Crippen molar-refractivity contribution < 1.29 is 4.80 Å². The van der Waals surface area contributed by atoms with Gasteiger partial charge in [-0.2, -0.15) is 0 Å². The van der Waals surface area contributed by atoms with Gasteiger partial charge < -0.3 is 4.80 Å². The largest absolute Gasteiger partial charge is 0.438 e. The first-order chi connectivity index (χ1) is 2.41. The Morgan fingerprint density at radius 3 is 2.60 bits per heavy atom. The van der Waals surface area contributed by atoms with Gasteiger partial charge in [0, 0.05) is 0 Å². The second-order valence-electron chi connectivity index (χ2n) is 0.801. The van der Waals surface area contributed by atoms with E-state index in [0.29, 0.717) is 0 Å². The zero-order valence-electron chi connectivity index (χ0n) is 3.15. The summed E-state index contributed by atoms with van der Waals surface area (Å²) in [6.07, 6.45) is 1.74. The van der Waals surface area contributed by atoms with Crippen molar-refractivity contribution in [3.63, 3.8) is 0 Å². The highest BCUT2D eigenvalue weighted by Gasteiger charge is 1.65. The molecule has 1 N–H and O–H groups in total. The highest BCUT2D eigenvalue weighted by molar-refractivity contribution is 6.25. The first-order valence-electron chi connectivity index (χ1n) is 1.63. The van der Waals surface area contributed by atoms with Crippen molar-refractivity contribution in [2.75, 3.05) is 0 Å². The van der Waals surface area contributed by atoms with E-state index in [-0.39, 0.29) is 0 Å². The van der Waals surface area contributed by atoms with E-state index in [9.17, 15) is 0 Å². The van der Waals surface area contributed by atoms with E-state index >= 15 is 0 Å². The van der Waals surface area contributed by atoms with Gasteiger partial charge in [0.2, 0.25) is 0 Å². The molecule has 0 atom stereocenters. The Balaban J connectivity index is 2.40. The summed E-state index contributed by atoms with van der Waals surface area (Å²) >= 11 is 0. The van der Waals surface area contributed by atoms with Crippen molar-refractivity contribution in [2.45, 2.75) is 6.04 Å². The van der Waals surface area contributed by atoms with Gasteiger partial charge in [-0.15, -0.1) is 6.58 Å². The Labute approximate surface area is 34.3 Å². The normalized spacial score (nSPS) is 9.80. The summed E-state index contributed by atoms with van der Waals surface area (Å²) in [5.41, 5.74) is 0.